The van der Waals surface area contributed by atoms with Crippen molar-refractivity contribution in [1.82, 2.24) is 15.3 Å². The summed E-state index contributed by atoms with van der Waals surface area (Å²) in [7, 11) is 3.94. The van der Waals surface area contributed by atoms with Crippen LogP contribution in [0.2, 0.25) is 0 Å². The Morgan fingerprint density at radius 1 is 1.35 bits per heavy atom. The number of aromatic nitrogens is 2. The largest absolute Gasteiger partial charge is 0.379 e. The van der Waals surface area contributed by atoms with Crippen LogP contribution in [0.5, 0.6) is 0 Å². The summed E-state index contributed by atoms with van der Waals surface area (Å²) in [5, 5.41) is 3.53. The van der Waals surface area contributed by atoms with Crippen molar-refractivity contribution < 1.29 is 4.74 Å². The van der Waals surface area contributed by atoms with Crippen molar-refractivity contribution in [3.8, 4) is 0 Å². The number of ether oxygens (including phenoxy) is 1. The zero-order valence-corrected chi connectivity index (χ0v) is 15.5. The van der Waals surface area contributed by atoms with Crippen molar-refractivity contribution >= 4 is 36.6 Å². The Labute approximate surface area is 150 Å². The first-order chi connectivity index (χ1) is 10.2. The highest BCUT2D eigenvalue weighted by Crippen LogP contribution is 2.31. The van der Waals surface area contributed by atoms with Crippen LogP contribution in [0.25, 0.3) is 0 Å². The van der Waals surface area contributed by atoms with Gasteiger partial charge in [-0.1, -0.05) is 0 Å². The Morgan fingerprint density at radius 2 is 2.17 bits per heavy atom. The van der Waals surface area contributed by atoms with Gasteiger partial charge in [-0.25, -0.2) is 4.98 Å². The number of hydrogen-bond donors (Lipinski definition) is 1. The van der Waals surface area contributed by atoms with Crippen molar-refractivity contribution in [1.29, 1.82) is 0 Å². The first-order valence-electron chi connectivity index (χ1n) is 7.72. The molecule has 132 valence electrons. The van der Waals surface area contributed by atoms with Crippen LogP contribution in [0.15, 0.2) is 12.3 Å². The predicted octanol–water partition coefficient (Wildman–Crippen LogP) is 1.59. The average molecular weight is 364 g/mol. The molecular formula is C15H27Cl2N5O. The van der Waals surface area contributed by atoms with E-state index in [2.05, 4.69) is 20.2 Å². The summed E-state index contributed by atoms with van der Waals surface area (Å²) in [6, 6.07) is 2.00. The molecule has 2 saturated heterocycles. The highest BCUT2D eigenvalue weighted by molar-refractivity contribution is 5.85. The lowest BCUT2D eigenvalue weighted by atomic mass is 9.81. The Morgan fingerprint density at radius 3 is 2.87 bits per heavy atom. The Kier molecular flexibility index (Phi) is 7.80. The number of nitrogens with one attached hydrogen (secondary N) is 1. The predicted molar refractivity (Wildman–Crippen MR) is 98.4 cm³/mol. The molecule has 8 heteroatoms. The summed E-state index contributed by atoms with van der Waals surface area (Å²) in [4.78, 5) is 13.3. The van der Waals surface area contributed by atoms with Crippen molar-refractivity contribution in [3.05, 3.63) is 12.3 Å². The third-order valence-electron chi connectivity index (χ3n) is 4.35. The minimum atomic E-state index is 0. The maximum Gasteiger partial charge on any atom is 0.226 e. The average Bonchev–Trinajstić information content (AvgIpc) is 2.71. The van der Waals surface area contributed by atoms with E-state index in [1.165, 1.54) is 12.8 Å². The standard InChI is InChI=1S/C15H25N5O.2ClH/c1-19(2)14-17-7-4-13(18-14)20-8-9-21-12-15(11-20)5-3-6-16-10-15;;/h4,7,16H,3,5-6,8-12H2,1-2H3;2*1H. The molecule has 1 spiro atoms. The lowest BCUT2D eigenvalue weighted by Gasteiger charge is -2.39. The number of halogens is 2. The lowest BCUT2D eigenvalue weighted by Crippen LogP contribution is -2.49. The molecule has 2 aliphatic rings. The molecule has 0 radical (unpaired) electrons. The number of piperidine rings is 1. The maximum absolute atomic E-state index is 5.88. The summed E-state index contributed by atoms with van der Waals surface area (Å²) in [6.45, 7) is 5.68. The van der Waals surface area contributed by atoms with Crippen molar-refractivity contribution in [3.63, 3.8) is 0 Å². The van der Waals surface area contributed by atoms with Gasteiger partial charge in [0, 0.05) is 45.3 Å². The summed E-state index contributed by atoms with van der Waals surface area (Å²) < 4.78 is 5.88. The fourth-order valence-electron chi connectivity index (χ4n) is 3.21. The SMILES string of the molecule is CN(C)c1nccc(N2CCOCC3(CCCNC3)C2)n1.Cl.Cl. The highest BCUT2D eigenvalue weighted by Gasteiger charge is 2.36. The molecule has 0 saturated carbocycles. The van der Waals surface area contributed by atoms with Crippen LogP contribution in [-0.2, 0) is 4.74 Å². The van der Waals surface area contributed by atoms with Gasteiger partial charge in [0.15, 0.2) is 0 Å². The summed E-state index contributed by atoms with van der Waals surface area (Å²) in [5.74, 6) is 1.76. The van der Waals surface area contributed by atoms with E-state index in [9.17, 15) is 0 Å². The van der Waals surface area contributed by atoms with Gasteiger partial charge in [-0.2, -0.15) is 4.98 Å². The van der Waals surface area contributed by atoms with Crippen molar-refractivity contribution in [2.75, 3.05) is 63.3 Å². The van der Waals surface area contributed by atoms with E-state index in [0.717, 1.165) is 51.2 Å². The topological polar surface area (TPSA) is 53.5 Å². The Hall–Kier alpha value is -0.820. The van der Waals surface area contributed by atoms with Crippen LogP contribution >= 0.6 is 24.8 Å². The second-order valence-corrected chi connectivity index (χ2v) is 6.36. The van der Waals surface area contributed by atoms with Gasteiger partial charge in [0.25, 0.3) is 0 Å². The smallest absolute Gasteiger partial charge is 0.226 e. The molecule has 3 rings (SSSR count). The van der Waals surface area contributed by atoms with Gasteiger partial charge < -0.3 is 19.9 Å². The molecule has 0 aliphatic carbocycles. The fourth-order valence-corrected chi connectivity index (χ4v) is 3.21. The van der Waals surface area contributed by atoms with E-state index in [0.29, 0.717) is 0 Å². The van der Waals surface area contributed by atoms with Crippen LogP contribution in [0.3, 0.4) is 0 Å². The molecule has 1 atom stereocenters. The molecule has 0 aromatic carbocycles. The molecule has 1 aromatic rings. The zero-order valence-electron chi connectivity index (χ0n) is 13.8. The molecule has 6 nitrogen and oxygen atoms in total. The van der Waals surface area contributed by atoms with Crippen LogP contribution in [0.4, 0.5) is 11.8 Å². The summed E-state index contributed by atoms with van der Waals surface area (Å²) in [5.41, 5.74) is 0.220. The van der Waals surface area contributed by atoms with Crippen molar-refractivity contribution in [2.24, 2.45) is 5.41 Å². The van der Waals surface area contributed by atoms with Gasteiger partial charge in [-0.15, -0.1) is 24.8 Å². The number of rotatable bonds is 2. The van der Waals surface area contributed by atoms with Crippen LogP contribution in [-0.4, -0.2) is 63.5 Å². The third kappa shape index (κ3) is 4.83. The molecule has 23 heavy (non-hydrogen) atoms. The van der Waals surface area contributed by atoms with Crippen LogP contribution < -0.4 is 15.1 Å². The minimum absolute atomic E-state index is 0. The summed E-state index contributed by atoms with van der Waals surface area (Å²) >= 11 is 0. The normalized spacial score (nSPS) is 24.3. The molecule has 3 heterocycles. The van der Waals surface area contributed by atoms with E-state index < -0.39 is 0 Å². The van der Waals surface area contributed by atoms with Gasteiger partial charge in [0.1, 0.15) is 5.82 Å². The Balaban J connectivity index is 0.00000132. The zero-order chi connectivity index (χ0) is 14.7. The van der Waals surface area contributed by atoms with E-state index in [4.69, 9.17) is 4.74 Å². The highest BCUT2D eigenvalue weighted by atomic mass is 35.5. The fraction of sp³-hybridized carbons (Fsp3) is 0.733. The quantitative estimate of drug-likeness (QED) is 0.860. The molecule has 2 aliphatic heterocycles. The molecule has 1 N–H and O–H groups in total. The first kappa shape index (κ1) is 20.2. The first-order valence-corrected chi connectivity index (χ1v) is 7.72. The molecule has 0 bridgehead atoms. The molecule has 1 unspecified atom stereocenters. The van der Waals surface area contributed by atoms with E-state index in [1.54, 1.807) is 0 Å². The third-order valence-corrected chi connectivity index (χ3v) is 4.35. The molecule has 2 fully saturated rings. The van der Waals surface area contributed by atoms with E-state index in [-0.39, 0.29) is 30.2 Å². The molecular weight excluding hydrogens is 337 g/mol. The summed E-state index contributed by atoms with van der Waals surface area (Å²) in [6.07, 6.45) is 4.29. The Bertz CT molecular complexity index is 483. The van der Waals surface area contributed by atoms with Gasteiger partial charge in [0.05, 0.1) is 13.2 Å². The minimum Gasteiger partial charge on any atom is -0.379 e. The number of nitrogens with zero attached hydrogens (tertiary/aromatic N) is 4. The van der Waals surface area contributed by atoms with Gasteiger partial charge in [-0.3, -0.25) is 0 Å². The maximum atomic E-state index is 5.88. The second kappa shape index (κ2) is 8.87. The molecule has 0 amide bonds. The van der Waals surface area contributed by atoms with Crippen LogP contribution in [0, 0.1) is 5.41 Å². The van der Waals surface area contributed by atoms with Gasteiger partial charge >= 0.3 is 0 Å². The molecule has 1 aromatic heterocycles. The van der Waals surface area contributed by atoms with Crippen molar-refractivity contribution in [2.45, 2.75) is 12.8 Å². The number of anilines is 2. The number of hydrogen-bond acceptors (Lipinski definition) is 6. The monoisotopic (exact) mass is 363 g/mol. The van der Waals surface area contributed by atoms with E-state index in [1.807, 2.05) is 31.3 Å². The lowest BCUT2D eigenvalue weighted by molar-refractivity contribution is 0.0536. The van der Waals surface area contributed by atoms with Gasteiger partial charge in [0.2, 0.25) is 5.95 Å². The van der Waals surface area contributed by atoms with Gasteiger partial charge in [-0.05, 0) is 25.5 Å². The van der Waals surface area contributed by atoms with E-state index >= 15 is 0 Å². The van der Waals surface area contributed by atoms with Crippen LogP contribution in [0.1, 0.15) is 12.8 Å². The second-order valence-electron chi connectivity index (χ2n) is 6.36.